The molecule has 3 nitrogen and oxygen atoms in total. The van der Waals surface area contributed by atoms with Gasteiger partial charge < -0.3 is 5.32 Å². The van der Waals surface area contributed by atoms with Gasteiger partial charge in [0.05, 0.1) is 10.7 Å². The van der Waals surface area contributed by atoms with Crippen LogP contribution in [0, 0.1) is 17.1 Å². The van der Waals surface area contributed by atoms with E-state index in [1.165, 1.54) is 29.7 Å². The molecule has 0 saturated carbocycles. The van der Waals surface area contributed by atoms with Crippen LogP contribution >= 0.6 is 38.9 Å². The Morgan fingerprint density at radius 2 is 2.04 bits per heavy atom. The number of rotatable bonds is 4. The highest BCUT2D eigenvalue weighted by molar-refractivity contribution is 9.10. The number of nitriles is 1. The first-order valence-corrected chi connectivity index (χ1v) is 9.15. The lowest BCUT2D eigenvalue weighted by Crippen LogP contribution is -1.92. The number of allylic oxidation sites excluding steroid dienone is 1. The second-order valence-electron chi connectivity index (χ2n) is 4.99. The fraction of sp³-hybridized carbons (Fsp3) is 0. The van der Waals surface area contributed by atoms with E-state index in [2.05, 4.69) is 32.3 Å². The molecule has 25 heavy (non-hydrogen) atoms. The molecule has 124 valence electrons. The summed E-state index contributed by atoms with van der Waals surface area (Å²) in [5, 5.41) is 14.8. The van der Waals surface area contributed by atoms with Crippen LogP contribution in [-0.4, -0.2) is 4.98 Å². The highest BCUT2D eigenvalue weighted by Crippen LogP contribution is 2.27. The van der Waals surface area contributed by atoms with E-state index in [-0.39, 0.29) is 5.02 Å². The predicted octanol–water partition coefficient (Wildman–Crippen LogP) is 6.34. The summed E-state index contributed by atoms with van der Waals surface area (Å²) < 4.78 is 14.2. The van der Waals surface area contributed by atoms with Crippen molar-refractivity contribution in [2.75, 3.05) is 5.32 Å². The Morgan fingerprint density at radius 1 is 1.28 bits per heavy atom. The fourth-order valence-electron chi connectivity index (χ4n) is 2.03. The van der Waals surface area contributed by atoms with Gasteiger partial charge in [-0.2, -0.15) is 5.26 Å². The van der Waals surface area contributed by atoms with Gasteiger partial charge >= 0.3 is 0 Å². The van der Waals surface area contributed by atoms with Crippen LogP contribution in [0.1, 0.15) is 5.01 Å². The van der Waals surface area contributed by atoms with E-state index < -0.39 is 5.82 Å². The molecule has 1 N–H and O–H groups in total. The average molecular weight is 435 g/mol. The maximum atomic E-state index is 13.2. The summed E-state index contributed by atoms with van der Waals surface area (Å²) in [6.45, 7) is 0. The van der Waals surface area contributed by atoms with Gasteiger partial charge in [-0.3, -0.25) is 0 Å². The van der Waals surface area contributed by atoms with Crippen molar-refractivity contribution in [3.63, 3.8) is 0 Å². The van der Waals surface area contributed by atoms with Crippen LogP contribution in [0.2, 0.25) is 5.02 Å². The van der Waals surface area contributed by atoms with Crippen LogP contribution in [0.5, 0.6) is 0 Å². The minimum atomic E-state index is -0.490. The first kappa shape index (κ1) is 17.6. The Bertz CT molecular complexity index is 977. The molecule has 0 aliphatic carbocycles. The van der Waals surface area contributed by atoms with Crippen LogP contribution in [0.15, 0.2) is 58.5 Å². The van der Waals surface area contributed by atoms with Crippen LogP contribution in [0.25, 0.3) is 16.8 Å². The molecule has 0 atom stereocenters. The van der Waals surface area contributed by atoms with E-state index in [1.807, 2.05) is 29.6 Å². The molecule has 1 aromatic heterocycles. The van der Waals surface area contributed by atoms with Crippen molar-refractivity contribution in [2.24, 2.45) is 0 Å². The first-order chi connectivity index (χ1) is 12.1. The molecular weight excluding hydrogens is 425 g/mol. The molecule has 0 aliphatic rings. The minimum Gasteiger partial charge on any atom is -0.360 e. The van der Waals surface area contributed by atoms with Gasteiger partial charge in [-0.1, -0.05) is 39.7 Å². The second kappa shape index (κ2) is 7.79. The number of halogens is 3. The van der Waals surface area contributed by atoms with Crippen molar-refractivity contribution in [1.82, 2.24) is 4.98 Å². The molecule has 0 fully saturated rings. The van der Waals surface area contributed by atoms with E-state index >= 15 is 0 Å². The number of benzene rings is 2. The predicted molar refractivity (Wildman–Crippen MR) is 104 cm³/mol. The number of thiazole rings is 1. The summed E-state index contributed by atoms with van der Waals surface area (Å²) in [6, 6.07) is 14.2. The number of aromatic nitrogens is 1. The normalized spacial score (nSPS) is 11.2. The maximum absolute atomic E-state index is 13.2. The van der Waals surface area contributed by atoms with E-state index in [0.29, 0.717) is 16.3 Å². The molecule has 2 aromatic carbocycles. The van der Waals surface area contributed by atoms with Gasteiger partial charge in [0.1, 0.15) is 22.5 Å². The zero-order valence-corrected chi connectivity index (χ0v) is 15.8. The Kier molecular flexibility index (Phi) is 5.49. The quantitative estimate of drug-likeness (QED) is 0.487. The van der Waals surface area contributed by atoms with Crippen LogP contribution in [0.3, 0.4) is 0 Å². The summed E-state index contributed by atoms with van der Waals surface area (Å²) in [7, 11) is 0. The smallest absolute Gasteiger partial charge is 0.141 e. The number of hydrogen-bond donors (Lipinski definition) is 1. The highest BCUT2D eigenvalue weighted by Gasteiger charge is 2.09. The molecule has 0 unspecified atom stereocenters. The van der Waals surface area contributed by atoms with Crippen molar-refractivity contribution in [3.05, 3.63) is 74.4 Å². The summed E-state index contributed by atoms with van der Waals surface area (Å²) in [6.07, 6.45) is 1.54. The van der Waals surface area contributed by atoms with Gasteiger partial charge in [-0.05, 0) is 30.3 Å². The van der Waals surface area contributed by atoms with Crippen molar-refractivity contribution < 1.29 is 4.39 Å². The third kappa shape index (κ3) is 4.26. The number of anilines is 1. The fourth-order valence-corrected chi connectivity index (χ4v) is 3.27. The molecule has 1 heterocycles. The van der Waals surface area contributed by atoms with E-state index in [4.69, 9.17) is 11.6 Å². The zero-order valence-electron chi connectivity index (χ0n) is 12.6. The van der Waals surface area contributed by atoms with Gasteiger partial charge in [-0.15, -0.1) is 11.3 Å². The van der Waals surface area contributed by atoms with Crippen molar-refractivity contribution in [1.29, 1.82) is 5.26 Å². The third-order valence-electron chi connectivity index (χ3n) is 3.30. The van der Waals surface area contributed by atoms with E-state index in [1.54, 1.807) is 6.07 Å². The Labute approximate surface area is 161 Å². The van der Waals surface area contributed by atoms with Gasteiger partial charge in [0.2, 0.25) is 0 Å². The first-order valence-electron chi connectivity index (χ1n) is 7.10. The molecule has 0 bridgehead atoms. The number of nitrogens with one attached hydrogen (secondary N) is 1. The van der Waals surface area contributed by atoms with Gasteiger partial charge in [0, 0.05) is 27.3 Å². The maximum Gasteiger partial charge on any atom is 0.141 e. The summed E-state index contributed by atoms with van der Waals surface area (Å²) in [4.78, 5) is 4.51. The minimum absolute atomic E-state index is 0.0173. The molecule has 0 aliphatic heterocycles. The van der Waals surface area contributed by atoms with Crippen molar-refractivity contribution in [2.45, 2.75) is 0 Å². The SMILES string of the molecule is N#CC(=CNc1ccc(F)c(Cl)c1)c1nc(-c2ccc(Br)cc2)cs1. The van der Waals surface area contributed by atoms with Gasteiger partial charge in [-0.25, -0.2) is 9.37 Å². The molecular formula is C18H10BrClFN3S. The largest absolute Gasteiger partial charge is 0.360 e. The Hall–Kier alpha value is -2.20. The topological polar surface area (TPSA) is 48.7 Å². The van der Waals surface area contributed by atoms with Crippen LogP contribution in [-0.2, 0) is 0 Å². The molecule has 0 amide bonds. The lowest BCUT2D eigenvalue weighted by Gasteiger charge is -2.02. The lowest BCUT2D eigenvalue weighted by atomic mass is 10.2. The van der Waals surface area contributed by atoms with Gasteiger partial charge in [0.25, 0.3) is 0 Å². The molecule has 0 spiro atoms. The monoisotopic (exact) mass is 433 g/mol. The summed E-state index contributed by atoms with van der Waals surface area (Å²) in [5.74, 6) is -0.490. The summed E-state index contributed by atoms with van der Waals surface area (Å²) >= 11 is 10.5. The molecule has 0 radical (unpaired) electrons. The molecule has 3 aromatic rings. The van der Waals surface area contributed by atoms with Gasteiger partial charge in [0.15, 0.2) is 0 Å². The van der Waals surface area contributed by atoms with E-state index in [0.717, 1.165) is 15.7 Å². The number of hydrogen-bond acceptors (Lipinski definition) is 4. The second-order valence-corrected chi connectivity index (χ2v) is 7.17. The molecule has 3 rings (SSSR count). The van der Waals surface area contributed by atoms with Crippen molar-refractivity contribution >= 4 is 50.1 Å². The van der Waals surface area contributed by atoms with E-state index in [9.17, 15) is 9.65 Å². The average Bonchev–Trinajstić information content (AvgIpc) is 3.09. The highest BCUT2D eigenvalue weighted by atomic mass is 79.9. The Balaban J connectivity index is 1.82. The van der Waals surface area contributed by atoms with Crippen LogP contribution in [0.4, 0.5) is 10.1 Å². The third-order valence-corrected chi connectivity index (χ3v) is 4.99. The zero-order chi connectivity index (χ0) is 17.8. The summed E-state index contributed by atoms with van der Waals surface area (Å²) in [5.41, 5.74) is 2.75. The van der Waals surface area contributed by atoms with Crippen molar-refractivity contribution in [3.8, 4) is 17.3 Å². The number of nitrogens with zero attached hydrogens (tertiary/aromatic N) is 2. The lowest BCUT2D eigenvalue weighted by molar-refractivity contribution is 0.628. The van der Waals surface area contributed by atoms with Crippen LogP contribution < -0.4 is 5.32 Å². The Morgan fingerprint density at radius 3 is 2.72 bits per heavy atom. The molecule has 7 heteroatoms. The standard InChI is InChI=1S/C18H10BrClFN3S/c19-13-3-1-11(2-4-13)17-10-25-18(24-17)12(8-22)9-23-14-5-6-16(21)15(20)7-14/h1-7,9-10,23H. The molecule has 0 saturated heterocycles.